The second-order valence-corrected chi connectivity index (χ2v) is 12.5. The van der Waals surface area contributed by atoms with Gasteiger partial charge in [-0.3, -0.25) is 29.4 Å². The summed E-state index contributed by atoms with van der Waals surface area (Å²) >= 11 is 0. The van der Waals surface area contributed by atoms with Crippen molar-refractivity contribution < 1.29 is 43.5 Å². The number of ether oxygens (including phenoxy) is 2. The van der Waals surface area contributed by atoms with Gasteiger partial charge < -0.3 is 35.9 Å². The van der Waals surface area contributed by atoms with Gasteiger partial charge in [-0.05, 0) is 30.4 Å². The van der Waals surface area contributed by atoms with Gasteiger partial charge in [-0.25, -0.2) is 14.6 Å². The van der Waals surface area contributed by atoms with E-state index in [1.165, 1.54) is 36.8 Å². The summed E-state index contributed by atoms with van der Waals surface area (Å²) in [5.41, 5.74) is 7.76. The summed E-state index contributed by atoms with van der Waals surface area (Å²) in [5.74, 6) is -4.26. The number of methoxy groups -OCH3 is 1. The van der Waals surface area contributed by atoms with Crippen LogP contribution in [0.25, 0.3) is 0 Å². The topological polar surface area (TPSA) is 249 Å². The molecule has 3 aromatic rings. The van der Waals surface area contributed by atoms with Gasteiger partial charge >= 0.3 is 12.1 Å². The Balaban J connectivity index is 1.98. The van der Waals surface area contributed by atoms with Crippen molar-refractivity contribution in [2.75, 3.05) is 13.7 Å². The van der Waals surface area contributed by atoms with E-state index in [1.807, 2.05) is 0 Å². The van der Waals surface area contributed by atoms with Gasteiger partial charge in [0.1, 0.15) is 18.1 Å². The normalized spacial score (nSPS) is 14.4. The van der Waals surface area contributed by atoms with Crippen LogP contribution in [0.4, 0.5) is 10.5 Å². The van der Waals surface area contributed by atoms with Gasteiger partial charge in [-0.2, -0.15) is 0 Å². The number of imidazole rings is 1. The largest absolute Gasteiger partial charge is 0.467 e. The summed E-state index contributed by atoms with van der Waals surface area (Å²) in [6.45, 7) is 5.04. The Hall–Kier alpha value is -5.68. The Morgan fingerprint density at radius 3 is 2.21 bits per heavy atom. The number of carbonyl (C=O) groups is 5. The molecule has 0 spiro atoms. The van der Waals surface area contributed by atoms with E-state index in [1.54, 1.807) is 51.1 Å². The third-order valence-corrected chi connectivity index (χ3v) is 8.67. The molecule has 0 saturated carbocycles. The van der Waals surface area contributed by atoms with Crippen LogP contribution in [-0.2, 0) is 47.9 Å². The molecule has 0 saturated heterocycles. The summed E-state index contributed by atoms with van der Waals surface area (Å²) < 4.78 is 10.0. The fraction of sp³-hybridized carbons (Fsp3) is 0.444. The standard InChI is InChI=1S/C36H47N7O10/c1-5-22(3)32(35(48)52-4)42(31(45)19-30(44)27(37)16-24-12-14-26(15-13-24)43(50)51)34(47)29(18-25-20-38-21-39-25)40-33(46)28(41-36(49)53-6-2)17-23-10-8-7-9-11-23/h7-15,20-22,27-30,32,44H,5-6,16-19,37H2,1-4H3,(H,38,39)(H,40,46)(H,41,49)/t22-,27-,28-,29-,30?,32-/m0/s1. The Kier molecular flexibility index (Phi) is 16.1. The number of nitrogens with zero attached hydrogens (tertiary/aromatic N) is 3. The number of benzene rings is 2. The molecule has 0 aliphatic heterocycles. The number of nitrogens with one attached hydrogen (secondary N) is 3. The Morgan fingerprint density at radius 1 is 0.981 bits per heavy atom. The zero-order valence-corrected chi connectivity index (χ0v) is 30.1. The number of H-pyrrole nitrogens is 1. The lowest BCUT2D eigenvalue weighted by Gasteiger charge is -2.35. The summed E-state index contributed by atoms with van der Waals surface area (Å²) in [6, 6.07) is 9.13. The second kappa shape index (κ2) is 20.4. The molecule has 1 heterocycles. The lowest BCUT2D eigenvalue weighted by atomic mass is 9.94. The molecular formula is C36H47N7O10. The highest BCUT2D eigenvalue weighted by atomic mass is 16.6. The van der Waals surface area contributed by atoms with Gasteiger partial charge in [0.2, 0.25) is 11.8 Å². The SMILES string of the molecule is CCOC(=O)N[C@@H](Cc1ccccc1)C(=O)N[C@@H](Cc1cnc[nH]1)C(=O)N(C(=O)CC(O)[C@@H](N)Cc1ccc([N+](=O)[O-])cc1)[C@H](C(=O)OC)[C@@H](C)CC. The van der Waals surface area contributed by atoms with Crippen LogP contribution >= 0.6 is 0 Å². The van der Waals surface area contributed by atoms with Gasteiger partial charge in [0.15, 0.2) is 0 Å². The van der Waals surface area contributed by atoms with Crippen LogP contribution in [0.15, 0.2) is 67.1 Å². The van der Waals surface area contributed by atoms with Crippen molar-refractivity contribution in [2.45, 2.75) is 83.1 Å². The highest BCUT2D eigenvalue weighted by molar-refractivity contribution is 6.03. The van der Waals surface area contributed by atoms with Crippen molar-refractivity contribution in [1.82, 2.24) is 25.5 Å². The predicted octanol–water partition coefficient (Wildman–Crippen LogP) is 1.97. The van der Waals surface area contributed by atoms with Gasteiger partial charge in [0, 0.05) is 42.9 Å². The molecule has 53 heavy (non-hydrogen) atoms. The van der Waals surface area contributed by atoms with E-state index in [2.05, 4.69) is 20.6 Å². The minimum atomic E-state index is -1.52. The number of hydrogen-bond acceptors (Lipinski definition) is 12. The summed E-state index contributed by atoms with van der Waals surface area (Å²) in [6.07, 6.45) is -0.120. The molecule has 1 unspecified atom stereocenters. The molecule has 1 aromatic heterocycles. The van der Waals surface area contributed by atoms with Crippen molar-refractivity contribution in [2.24, 2.45) is 11.7 Å². The lowest BCUT2D eigenvalue weighted by Crippen LogP contribution is -2.61. The smallest absolute Gasteiger partial charge is 0.407 e. The highest BCUT2D eigenvalue weighted by Gasteiger charge is 2.43. The van der Waals surface area contributed by atoms with Crippen molar-refractivity contribution >= 4 is 35.5 Å². The summed E-state index contributed by atoms with van der Waals surface area (Å²) in [5, 5.41) is 27.3. The number of esters is 1. The molecule has 0 bridgehead atoms. The lowest BCUT2D eigenvalue weighted by molar-refractivity contribution is -0.384. The molecule has 4 amide bonds. The summed E-state index contributed by atoms with van der Waals surface area (Å²) in [7, 11) is 1.11. The molecule has 3 rings (SSSR count). The van der Waals surface area contributed by atoms with E-state index >= 15 is 0 Å². The fourth-order valence-electron chi connectivity index (χ4n) is 5.57. The number of imide groups is 1. The molecule has 17 heteroatoms. The first kappa shape index (κ1) is 41.7. The number of nitrogens with two attached hydrogens (primary N) is 1. The van der Waals surface area contributed by atoms with E-state index < -0.39 is 77.3 Å². The zero-order chi connectivity index (χ0) is 39.1. The number of hydrogen-bond donors (Lipinski definition) is 5. The minimum Gasteiger partial charge on any atom is -0.467 e. The first-order valence-electron chi connectivity index (χ1n) is 17.1. The van der Waals surface area contributed by atoms with Gasteiger partial charge in [-0.15, -0.1) is 0 Å². The van der Waals surface area contributed by atoms with E-state index in [0.717, 1.165) is 7.11 Å². The average molecular weight is 738 g/mol. The number of rotatable bonds is 19. The van der Waals surface area contributed by atoms with Crippen molar-refractivity contribution in [3.05, 3.63) is 94.1 Å². The quantitative estimate of drug-likeness (QED) is 0.0673. The maximum absolute atomic E-state index is 14.6. The molecule has 2 aromatic carbocycles. The van der Waals surface area contributed by atoms with Gasteiger partial charge in [0.25, 0.3) is 11.6 Å². The molecule has 6 atom stereocenters. The number of nitro groups is 1. The number of aliphatic hydroxyl groups excluding tert-OH is 1. The van der Waals surface area contributed by atoms with E-state index in [0.29, 0.717) is 28.1 Å². The zero-order valence-electron chi connectivity index (χ0n) is 30.1. The fourth-order valence-corrected chi connectivity index (χ4v) is 5.57. The minimum absolute atomic E-state index is 0.0234. The first-order chi connectivity index (χ1) is 25.3. The Labute approximate surface area is 306 Å². The van der Waals surface area contributed by atoms with Crippen LogP contribution in [0.3, 0.4) is 0 Å². The Bertz CT molecular complexity index is 1670. The molecule has 0 radical (unpaired) electrons. The average Bonchev–Trinajstić information content (AvgIpc) is 3.66. The molecule has 0 aliphatic rings. The monoisotopic (exact) mass is 737 g/mol. The second-order valence-electron chi connectivity index (χ2n) is 12.5. The van der Waals surface area contributed by atoms with Crippen LogP contribution in [0.1, 0.15) is 50.4 Å². The molecule has 0 aliphatic carbocycles. The first-order valence-corrected chi connectivity index (χ1v) is 17.1. The number of aromatic nitrogens is 2. The summed E-state index contributed by atoms with van der Waals surface area (Å²) in [4.78, 5) is 86.5. The van der Waals surface area contributed by atoms with Crippen LogP contribution in [0, 0.1) is 16.0 Å². The third kappa shape index (κ3) is 12.2. The molecular weight excluding hydrogens is 690 g/mol. The molecule has 6 N–H and O–H groups in total. The van der Waals surface area contributed by atoms with Gasteiger partial charge in [-0.1, -0.05) is 62.7 Å². The van der Waals surface area contributed by atoms with E-state index in [-0.39, 0.29) is 31.6 Å². The van der Waals surface area contributed by atoms with Crippen LogP contribution in [-0.4, -0.2) is 98.7 Å². The van der Waals surface area contributed by atoms with Crippen LogP contribution < -0.4 is 16.4 Å². The van der Waals surface area contributed by atoms with Gasteiger partial charge in [0.05, 0.1) is 37.5 Å². The number of nitro benzene ring substituents is 1. The number of aromatic amines is 1. The number of aliphatic hydroxyl groups is 1. The maximum Gasteiger partial charge on any atom is 0.407 e. The van der Waals surface area contributed by atoms with E-state index in [4.69, 9.17) is 15.2 Å². The highest BCUT2D eigenvalue weighted by Crippen LogP contribution is 2.22. The Morgan fingerprint density at radius 2 is 1.64 bits per heavy atom. The van der Waals surface area contributed by atoms with Crippen molar-refractivity contribution in [1.29, 1.82) is 0 Å². The van der Waals surface area contributed by atoms with Crippen LogP contribution in [0.5, 0.6) is 0 Å². The van der Waals surface area contributed by atoms with Crippen molar-refractivity contribution in [3.63, 3.8) is 0 Å². The molecule has 17 nitrogen and oxygen atoms in total. The maximum atomic E-state index is 14.6. The number of alkyl carbamates (subject to hydrolysis) is 1. The number of carbonyl (C=O) groups excluding carboxylic acids is 5. The van der Waals surface area contributed by atoms with Crippen LogP contribution in [0.2, 0.25) is 0 Å². The number of non-ortho nitro benzene ring substituents is 1. The van der Waals surface area contributed by atoms with E-state index in [9.17, 15) is 39.2 Å². The number of amides is 4. The predicted molar refractivity (Wildman–Crippen MR) is 191 cm³/mol. The molecule has 286 valence electrons. The molecule has 0 fully saturated rings. The third-order valence-electron chi connectivity index (χ3n) is 8.67. The van der Waals surface area contributed by atoms with Crippen molar-refractivity contribution in [3.8, 4) is 0 Å².